The predicted octanol–water partition coefficient (Wildman–Crippen LogP) is 3.87. The third kappa shape index (κ3) is 2.01. The second-order valence-corrected chi connectivity index (χ2v) is 4.95. The molecule has 15 heavy (non-hydrogen) atoms. The van der Waals surface area contributed by atoms with Crippen LogP contribution >= 0.6 is 0 Å². The van der Waals surface area contributed by atoms with Gasteiger partial charge in [0.2, 0.25) is 0 Å². The number of benzene rings is 1. The molecule has 0 radical (unpaired) electrons. The average Bonchev–Trinajstić information content (AvgIpc) is 2.20. The fourth-order valence-corrected chi connectivity index (χ4v) is 2.95. The van der Waals surface area contributed by atoms with Crippen LogP contribution in [0, 0.1) is 12.8 Å². The van der Waals surface area contributed by atoms with E-state index in [1.807, 2.05) is 6.07 Å². The molecule has 0 amide bonds. The summed E-state index contributed by atoms with van der Waals surface area (Å²) < 4.78 is 0. The van der Waals surface area contributed by atoms with Gasteiger partial charge in [-0.15, -0.1) is 0 Å². The topological polar surface area (TPSA) is 26.0 Å². The quantitative estimate of drug-likeness (QED) is 0.689. The van der Waals surface area contributed by atoms with Crippen molar-refractivity contribution in [2.75, 3.05) is 5.73 Å². The van der Waals surface area contributed by atoms with Crippen LogP contribution in [-0.2, 0) is 0 Å². The number of nitrogen functional groups attached to an aromatic ring is 1. The fraction of sp³-hybridized carbons (Fsp3) is 0.571. The fourth-order valence-electron chi connectivity index (χ4n) is 2.95. The van der Waals surface area contributed by atoms with E-state index in [0.29, 0.717) is 5.92 Å². The first-order valence-corrected chi connectivity index (χ1v) is 6.05. The molecule has 1 aromatic rings. The highest BCUT2D eigenvalue weighted by Crippen LogP contribution is 2.40. The SMILES string of the molecule is Cc1cccc(N)c1[C@@H]1CCCC[C@H]1C. The minimum absolute atomic E-state index is 0.694. The average molecular weight is 203 g/mol. The molecule has 0 heterocycles. The Hall–Kier alpha value is -0.980. The van der Waals surface area contributed by atoms with Crippen LogP contribution in [-0.4, -0.2) is 0 Å². The predicted molar refractivity (Wildman–Crippen MR) is 66.0 cm³/mol. The van der Waals surface area contributed by atoms with Crippen molar-refractivity contribution >= 4 is 5.69 Å². The van der Waals surface area contributed by atoms with E-state index < -0.39 is 0 Å². The van der Waals surface area contributed by atoms with Crippen LogP contribution in [0.2, 0.25) is 0 Å². The van der Waals surface area contributed by atoms with Gasteiger partial charge in [-0.05, 0) is 42.4 Å². The molecule has 1 aliphatic rings. The molecule has 0 bridgehead atoms. The van der Waals surface area contributed by atoms with Gasteiger partial charge in [0.25, 0.3) is 0 Å². The van der Waals surface area contributed by atoms with Gasteiger partial charge in [-0.1, -0.05) is 38.3 Å². The van der Waals surface area contributed by atoms with Gasteiger partial charge in [0.1, 0.15) is 0 Å². The largest absolute Gasteiger partial charge is 0.398 e. The zero-order chi connectivity index (χ0) is 10.8. The lowest BCUT2D eigenvalue weighted by Gasteiger charge is -2.31. The van der Waals surface area contributed by atoms with Gasteiger partial charge < -0.3 is 5.73 Å². The second-order valence-electron chi connectivity index (χ2n) is 4.95. The van der Waals surface area contributed by atoms with Crippen molar-refractivity contribution in [2.45, 2.75) is 45.4 Å². The van der Waals surface area contributed by atoms with E-state index >= 15 is 0 Å². The molecule has 1 nitrogen and oxygen atoms in total. The molecule has 1 saturated carbocycles. The Morgan fingerprint density at radius 3 is 2.60 bits per heavy atom. The Kier molecular flexibility index (Phi) is 2.99. The van der Waals surface area contributed by atoms with Crippen molar-refractivity contribution in [1.29, 1.82) is 0 Å². The van der Waals surface area contributed by atoms with Crippen LogP contribution in [0.15, 0.2) is 18.2 Å². The summed E-state index contributed by atoms with van der Waals surface area (Å²) in [5, 5.41) is 0. The summed E-state index contributed by atoms with van der Waals surface area (Å²) in [4.78, 5) is 0. The van der Waals surface area contributed by atoms with Crippen molar-refractivity contribution in [3.8, 4) is 0 Å². The Morgan fingerprint density at radius 2 is 1.93 bits per heavy atom. The van der Waals surface area contributed by atoms with Gasteiger partial charge in [-0.2, -0.15) is 0 Å². The summed E-state index contributed by atoms with van der Waals surface area (Å²) in [5.41, 5.74) is 9.90. The molecule has 0 aromatic heterocycles. The smallest absolute Gasteiger partial charge is 0.0352 e. The highest BCUT2D eigenvalue weighted by atomic mass is 14.6. The maximum Gasteiger partial charge on any atom is 0.0352 e. The molecule has 0 unspecified atom stereocenters. The molecular weight excluding hydrogens is 182 g/mol. The summed E-state index contributed by atoms with van der Waals surface area (Å²) in [5.74, 6) is 1.49. The first kappa shape index (κ1) is 10.5. The highest BCUT2D eigenvalue weighted by Gasteiger charge is 2.25. The maximum atomic E-state index is 6.11. The summed E-state index contributed by atoms with van der Waals surface area (Å²) >= 11 is 0. The third-order valence-corrected chi connectivity index (χ3v) is 3.84. The maximum absolute atomic E-state index is 6.11. The van der Waals surface area contributed by atoms with Crippen molar-refractivity contribution in [2.24, 2.45) is 5.92 Å². The molecule has 0 aliphatic heterocycles. The lowest BCUT2D eigenvalue weighted by atomic mass is 9.75. The number of rotatable bonds is 1. The van der Waals surface area contributed by atoms with E-state index in [1.165, 1.54) is 36.8 Å². The first-order valence-electron chi connectivity index (χ1n) is 6.05. The number of hydrogen-bond donors (Lipinski definition) is 1. The van der Waals surface area contributed by atoms with Crippen molar-refractivity contribution in [3.05, 3.63) is 29.3 Å². The molecule has 1 aromatic carbocycles. The van der Waals surface area contributed by atoms with E-state index in [4.69, 9.17) is 5.73 Å². The Labute approximate surface area is 92.7 Å². The van der Waals surface area contributed by atoms with Crippen LogP contribution < -0.4 is 5.73 Å². The standard InChI is InChI=1S/C14H21N/c1-10-6-3-4-8-12(10)14-11(2)7-5-9-13(14)15/h5,7,9-10,12H,3-4,6,8,15H2,1-2H3/t10-,12-/m1/s1. The van der Waals surface area contributed by atoms with Gasteiger partial charge in [-0.3, -0.25) is 0 Å². The zero-order valence-electron chi connectivity index (χ0n) is 9.79. The van der Waals surface area contributed by atoms with Crippen molar-refractivity contribution < 1.29 is 0 Å². The molecule has 1 fully saturated rings. The lowest BCUT2D eigenvalue weighted by Crippen LogP contribution is -2.17. The minimum Gasteiger partial charge on any atom is -0.398 e. The Balaban J connectivity index is 2.35. The summed E-state index contributed by atoms with van der Waals surface area (Å²) in [7, 11) is 0. The third-order valence-electron chi connectivity index (χ3n) is 3.84. The molecule has 82 valence electrons. The van der Waals surface area contributed by atoms with Crippen LogP contribution in [0.4, 0.5) is 5.69 Å². The molecule has 0 spiro atoms. The second kappa shape index (κ2) is 4.26. The Bertz CT molecular complexity index is 323. The monoisotopic (exact) mass is 203 g/mol. The molecule has 1 aliphatic carbocycles. The molecule has 2 rings (SSSR count). The molecule has 0 saturated heterocycles. The van der Waals surface area contributed by atoms with E-state index in [1.54, 1.807) is 0 Å². The van der Waals surface area contributed by atoms with Gasteiger partial charge in [0.15, 0.2) is 0 Å². The lowest BCUT2D eigenvalue weighted by molar-refractivity contribution is 0.330. The molecule has 1 heteroatoms. The van der Waals surface area contributed by atoms with Crippen LogP contribution in [0.1, 0.15) is 49.7 Å². The number of aryl methyl sites for hydroxylation is 1. The van der Waals surface area contributed by atoms with E-state index in [0.717, 1.165) is 11.6 Å². The van der Waals surface area contributed by atoms with Crippen LogP contribution in [0.3, 0.4) is 0 Å². The summed E-state index contributed by atoms with van der Waals surface area (Å²) in [6.07, 6.45) is 5.43. The van der Waals surface area contributed by atoms with Gasteiger partial charge in [0.05, 0.1) is 0 Å². The highest BCUT2D eigenvalue weighted by molar-refractivity contribution is 5.52. The number of anilines is 1. The number of hydrogen-bond acceptors (Lipinski definition) is 1. The van der Waals surface area contributed by atoms with Crippen molar-refractivity contribution in [3.63, 3.8) is 0 Å². The van der Waals surface area contributed by atoms with E-state index in [-0.39, 0.29) is 0 Å². The van der Waals surface area contributed by atoms with Crippen LogP contribution in [0.25, 0.3) is 0 Å². The van der Waals surface area contributed by atoms with Gasteiger partial charge >= 0.3 is 0 Å². The Morgan fingerprint density at radius 1 is 1.20 bits per heavy atom. The minimum atomic E-state index is 0.694. The van der Waals surface area contributed by atoms with Crippen LogP contribution in [0.5, 0.6) is 0 Å². The number of nitrogens with two attached hydrogens (primary N) is 1. The van der Waals surface area contributed by atoms with E-state index in [9.17, 15) is 0 Å². The molecule has 2 atom stereocenters. The summed E-state index contributed by atoms with van der Waals surface area (Å²) in [6, 6.07) is 6.29. The molecular formula is C14H21N. The van der Waals surface area contributed by atoms with Gasteiger partial charge in [-0.25, -0.2) is 0 Å². The zero-order valence-corrected chi connectivity index (χ0v) is 9.79. The molecule has 2 N–H and O–H groups in total. The van der Waals surface area contributed by atoms with Crippen molar-refractivity contribution in [1.82, 2.24) is 0 Å². The normalized spacial score (nSPS) is 26.5. The van der Waals surface area contributed by atoms with Gasteiger partial charge in [0, 0.05) is 5.69 Å². The van der Waals surface area contributed by atoms with E-state index in [2.05, 4.69) is 26.0 Å². The first-order chi connectivity index (χ1) is 7.20. The summed E-state index contributed by atoms with van der Waals surface area (Å²) in [6.45, 7) is 4.56.